The Hall–Kier alpha value is -1.89. The van der Waals surface area contributed by atoms with Gasteiger partial charge in [0.2, 0.25) is 5.91 Å². The summed E-state index contributed by atoms with van der Waals surface area (Å²) >= 11 is 1.38. The van der Waals surface area contributed by atoms with Crippen molar-refractivity contribution in [1.29, 1.82) is 0 Å². The van der Waals surface area contributed by atoms with Gasteiger partial charge >= 0.3 is 0 Å². The van der Waals surface area contributed by atoms with Gasteiger partial charge in [0.25, 0.3) is 0 Å². The molecule has 0 saturated carbocycles. The Morgan fingerprint density at radius 3 is 2.64 bits per heavy atom. The lowest BCUT2D eigenvalue weighted by Gasteiger charge is -2.24. The summed E-state index contributed by atoms with van der Waals surface area (Å²) in [6, 6.07) is 3.77. The van der Waals surface area contributed by atoms with Crippen LogP contribution in [0.25, 0.3) is 11.4 Å². The molecule has 22 heavy (non-hydrogen) atoms. The van der Waals surface area contributed by atoms with Crippen molar-refractivity contribution < 1.29 is 4.79 Å². The Morgan fingerprint density at radius 2 is 2.00 bits per heavy atom. The number of rotatable bonds is 6. The molecule has 0 aliphatic carbocycles. The lowest BCUT2D eigenvalue weighted by atomic mass is 10.0. The third kappa shape index (κ3) is 4.07. The van der Waals surface area contributed by atoms with Crippen molar-refractivity contribution in [3.63, 3.8) is 0 Å². The van der Waals surface area contributed by atoms with Gasteiger partial charge in [-0.3, -0.25) is 9.78 Å². The molecule has 0 aromatic carbocycles. The quantitative estimate of drug-likeness (QED) is 0.827. The maximum absolute atomic E-state index is 12.0. The number of amides is 1. The second kappa shape index (κ2) is 6.91. The van der Waals surface area contributed by atoms with Crippen molar-refractivity contribution in [2.45, 2.75) is 37.9 Å². The van der Waals surface area contributed by atoms with Crippen molar-refractivity contribution in [2.75, 3.05) is 5.75 Å². The Bertz CT molecular complexity index is 639. The normalized spacial score (nSPS) is 11.5. The molecular weight excluding hydrogens is 298 g/mol. The molecule has 1 amide bonds. The Kier molecular flexibility index (Phi) is 5.18. The van der Waals surface area contributed by atoms with Gasteiger partial charge in [-0.2, -0.15) is 0 Å². The highest BCUT2D eigenvalue weighted by Gasteiger charge is 2.19. The largest absolute Gasteiger partial charge is 0.351 e. The summed E-state index contributed by atoms with van der Waals surface area (Å²) in [4.78, 5) is 16.0. The van der Waals surface area contributed by atoms with Gasteiger partial charge in [-0.05, 0) is 32.4 Å². The van der Waals surface area contributed by atoms with Crippen LogP contribution in [0.5, 0.6) is 0 Å². The maximum Gasteiger partial charge on any atom is 0.230 e. The SMILES string of the molecule is CCC(C)(C)NC(=O)CSc1nnc(-c2ccncc2)n1C. The van der Waals surface area contributed by atoms with E-state index in [1.807, 2.05) is 37.6 Å². The summed E-state index contributed by atoms with van der Waals surface area (Å²) in [7, 11) is 1.89. The molecule has 0 spiro atoms. The van der Waals surface area contributed by atoms with E-state index in [0.717, 1.165) is 23.0 Å². The molecule has 2 aromatic heterocycles. The molecule has 0 atom stereocenters. The van der Waals surface area contributed by atoms with Crippen LogP contribution in [-0.2, 0) is 11.8 Å². The number of carbonyl (C=O) groups excluding carboxylic acids is 1. The predicted molar refractivity (Wildman–Crippen MR) is 87.5 cm³/mol. The molecule has 1 N–H and O–H groups in total. The number of nitrogens with one attached hydrogen (secondary N) is 1. The Morgan fingerprint density at radius 1 is 1.32 bits per heavy atom. The number of aromatic nitrogens is 4. The summed E-state index contributed by atoms with van der Waals surface area (Å²) in [6.07, 6.45) is 4.33. The van der Waals surface area contributed by atoms with E-state index >= 15 is 0 Å². The lowest BCUT2D eigenvalue weighted by molar-refractivity contribution is -0.120. The van der Waals surface area contributed by atoms with Gasteiger partial charge < -0.3 is 9.88 Å². The number of thioether (sulfide) groups is 1. The van der Waals surface area contributed by atoms with E-state index in [1.165, 1.54) is 11.8 Å². The third-order valence-electron chi connectivity index (χ3n) is 3.47. The van der Waals surface area contributed by atoms with Gasteiger partial charge in [0.15, 0.2) is 11.0 Å². The molecule has 2 rings (SSSR count). The first kappa shape index (κ1) is 16.5. The molecule has 7 heteroatoms. The molecule has 6 nitrogen and oxygen atoms in total. The molecule has 0 fully saturated rings. The zero-order valence-corrected chi connectivity index (χ0v) is 14.1. The highest BCUT2D eigenvalue weighted by atomic mass is 32.2. The Balaban J connectivity index is 2.00. The van der Waals surface area contributed by atoms with Crippen LogP contribution in [0.15, 0.2) is 29.7 Å². The van der Waals surface area contributed by atoms with Gasteiger partial charge in [0.1, 0.15) is 0 Å². The molecule has 2 aromatic rings. The van der Waals surface area contributed by atoms with Crippen LogP contribution in [0.4, 0.5) is 0 Å². The first-order valence-corrected chi connectivity index (χ1v) is 8.15. The fourth-order valence-corrected chi connectivity index (χ4v) is 2.54. The third-order valence-corrected chi connectivity index (χ3v) is 4.49. The van der Waals surface area contributed by atoms with Gasteiger partial charge in [0, 0.05) is 30.5 Å². The van der Waals surface area contributed by atoms with Crippen LogP contribution in [0.1, 0.15) is 27.2 Å². The van der Waals surface area contributed by atoms with Crippen LogP contribution < -0.4 is 5.32 Å². The Labute approximate surface area is 134 Å². The summed E-state index contributed by atoms with van der Waals surface area (Å²) in [5.74, 6) is 1.09. The molecule has 0 aliphatic rings. The van der Waals surface area contributed by atoms with Crippen LogP contribution >= 0.6 is 11.8 Å². The number of hydrogen-bond acceptors (Lipinski definition) is 5. The average molecular weight is 319 g/mol. The fourth-order valence-electron chi connectivity index (χ4n) is 1.82. The van der Waals surface area contributed by atoms with E-state index in [0.29, 0.717) is 5.75 Å². The minimum atomic E-state index is -0.181. The van der Waals surface area contributed by atoms with Gasteiger partial charge in [-0.25, -0.2) is 0 Å². The van der Waals surface area contributed by atoms with Gasteiger partial charge in [-0.1, -0.05) is 18.7 Å². The van der Waals surface area contributed by atoms with E-state index in [9.17, 15) is 4.79 Å². The van der Waals surface area contributed by atoms with Crippen LogP contribution in [0.2, 0.25) is 0 Å². The smallest absolute Gasteiger partial charge is 0.230 e. The topological polar surface area (TPSA) is 72.7 Å². The van der Waals surface area contributed by atoms with E-state index in [1.54, 1.807) is 12.4 Å². The standard InChI is InChI=1S/C15H21N5OS/c1-5-15(2,3)17-12(21)10-22-14-19-18-13(20(14)4)11-6-8-16-9-7-11/h6-9H,5,10H2,1-4H3,(H,17,21). The molecule has 0 aliphatic heterocycles. The highest BCUT2D eigenvalue weighted by Crippen LogP contribution is 2.22. The summed E-state index contributed by atoms with van der Waals surface area (Å²) < 4.78 is 1.89. The summed E-state index contributed by atoms with van der Waals surface area (Å²) in [5.41, 5.74) is 0.771. The summed E-state index contributed by atoms with van der Waals surface area (Å²) in [5, 5.41) is 12.1. The molecular formula is C15H21N5OS. The minimum Gasteiger partial charge on any atom is -0.351 e. The second-order valence-corrected chi connectivity index (χ2v) is 6.62. The molecule has 2 heterocycles. The van der Waals surface area contributed by atoms with Crippen molar-refractivity contribution in [3.05, 3.63) is 24.5 Å². The molecule has 0 unspecified atom stereocenters. The lowest BCUT2D eigenvalue weighted by Crippen LogP contribution is -2.43. The number of pyridine rings is 1. The van der Waals surface area contributed by atoms with Crippen LogP contribution in [0, 0.1) is 0 Å². The monoisotopic (exact) mass is 319 g/mol. The second-order valence-electron chi connectivity index (χ2n) is 5.68. The van der Waals surface area contributed by atoms with Gasteiger partial charge in [0.05, 0.1) is 5.75 Å². The summed E-state index contributed by atoms with van der Waals surface area (Å²) in [6.45, 7) is 6.08. The van der Waals surface area contributed by atoms with E-state index in [-0.39, 0.29) is 11.4 Å². The highest BCUT2D eigenvalue weighted by molar-refractivity contribution is 7.99. The minimum absolute atomic E-state index is 0.00492. The predicted octanol–water partition coefficient (Wildman–Crippen LogP) is 2.27. The molecule has 0 bridgehead atoms. The maximum atomic E-state index is 12.0. The first-order chi connectivity index (χ1) is 10.4. The average Bonchev–Trinajstić information content (AvgIpc) is 2.87. The molecule has 118 valence electrons. The first-order valence-electron chi connectivity index (χ1n) is 7.16. The van der Waals surface area contributed by atoms with Crippen molar-refractivity contribution in [2.24, 2.45) is 7.05 Å². The van der Waals surface area contributed by atoms with Crippen molar-refractivity contribution in [1.82, 2.24) is 25.1 Å². The fraction of sp³-hybridized carbons (Fsp3) is 0.467. The van der Waals surface area contributed by atoms with E-state index in [2.05, 4.69) is 27.4 Å². The van der Waals surface area contributed by atoms with Gasteiger partial charge in [-0.15, -0.1) is 10.2 Å². The van der Waals surface area contributed by atoms with E-state index < -0.39 is 0 Å². The van der Waals surface area contributed by atoms with Crippen molar-refractivity contribution in [3.8, 4) is 11.4 Å². The zero-order valence-electron chi connectivity index (χ0n) is 13.3. The van der Waals surface area contributed by atoms with Crippen LogP contribution in [-0.4, -0.2) is 36.9 Å². The molecule has 0 saturated heterocycles. The number of hydrogen-bond donors (Lipinski definition) is 1. The number of carbonyl (C=O) groups is 1. The molecule has 0 radical (unpaired) electrons. The zero-order chi connectivity index (χ0) is 16.2. The van der Waals surface area contributed by atoms with Crippen molar-refractivity contribution >= 4 is 17.7 Å². The number of nitrogens with zero attached hydrogens (tertiary/aromatic N) is 4. The van der Waals surface area contributed by atoms with E-state index in [4.69, 9.17) is 0 Å². The van der Waals surface area contributed by atoms with Crippen LogP contribution in [0.3, 0.4) is 0 Å².